The van der Waals surface area contributed by atoms with E-state index in [1.807, 2.05) is 12.1 Å². The standard InChI is InChI=1S/C26H35FN4O3/c1-25(2,3)15-31-21-6-5-20(28-22(21)29(4)24(31)33)16-11-17-13-30(14-18(17)12-16)23(32)26(34)9-7-19(27)8-10-26/h5-6,11,17-19,34H,7-10,12-15H2,1-4H3. The molecule has 2 aromatic heterocycles. The fraction of sp³-hybridized carbons (Fsp3) is 0.654. The van der Waals surface area contributed by atoms with Crippen molar-refractivity contribution in [1.82, 2.24) is 19.0 Å². The van der Waals surface area contributed by atoms with Crippen molar-refractivity contribution in [3.8, 4) is 0 Å². The van der Waals surface area contributed by atoms with E-state index in [0.717, 1.165) is 23.2 Å². The fourth-order valence-corrected chi connectivity index (χ4v) is 5.91. The Morgan fingerprint density at radius 2 is 1.94 bits per heavy atom. The van der Waals surface area contributed by atoms with Crippen LogP contribution in [0.3, 0.4) is 0 Å². The van der Waals surface area contributed by atoms with Gasteiger partial charge in [0.05, 0.1) is 11.2 Å². The molecular formula is C26H35FN4O3. The summed E-state index contributed by atoms with van der Waals surface area (Å²) in [7, 11) is 1.77. The number of hydrogen-bond donors (Lipinski definition) is 1. The van der Waals surface area contributed by atoms with E-state index in [9.17, 15) is 19.1 Å². The first-order valence-corrected chi connectivity index (χ1v) is 12.4. The maximum absolute atomic E-state index is 13.5. The van der Waals surface area contributed by atoms with Gasteiger partial charge in [0.1, 0.15) is 11.8 Å². The first kappa shape index (κ1) is 23.3. The Hall–Kier alpha value is -2.48. The van der Waals surface area contributed by atoms with Gasteiger partial charge in [-0.3, -0.25) is 13.9 Å². The average molecular weight is 471 g/mol. The molecule has 3 heterocycles. The lowest BCUT2D eigenvalue weighted by atomic mass is 9.83. The SMILES string of the molecule is Cn1c(=O)n(CC(C)(C)C)c2ccc(C3=CC4CN(C(=O)C5(O)CCC(F)CC5)CC4C3)nc21. The van der Waals surface area contributed by atoms with E-state index in [2.05, 4.69) is 26.8 Å². The van der Waals surface area contributed by atoms with Crippen LogP contribution in [0.2, 0.25) is 0 Å². The van der Waals surface area contributed by atoms with Crippen LogP contribution in [0, 0.1) is 17.3 Å². The third-order valence-corrected chi connectivity index (χ3v) is 7.76. The van der Waals surface area contributed by atoms with Crippen molar-refractivity contribution in [3.63, 3.8) is 0 Å². The molecule has 2 aliphatic carbocycles. The van der Waals surface area contributed by atoms with Gasteiger partial charge in [-0.2, -0.15) is 0 Å². The van der Waals surface area contributed by atoms with E-state index in [-0.39, 0.29) is 48.6 Å². The van der Waals surface area contributed by atoms with E-state index in [4.69, 9.17) is 4.98 Å². The van der Waals surface area contributed by atoms with Crippen LogP contribution in [0.15, 0.2) is 23.0 Å². The predicted octanol–water partition coefficient (Wildman–Crippen LogP) is 3.29. The van der Waals surface area contributed by atoms with Crippen molar-refractivity contribution in [3.05, 3.63) is 34.4 Å². The minimum atomic E-state index is -1.41. The third-order valence-electron chi connectivity index (χ3n) is 7.76. The summed E-state index contributed by atoms with van der Waals surface area (Å²) >= 11 is 0. The average Bonchev–Trinajstić information content (AvgIpc) is 3.42. The minimum absolute atomic E-state index is 0.0239. The van der Waals surface area contributed by atoms with Crippen molar-refractivity contribution in [2.24, 2.45) is 24.3 Å². The summed E-state index contributed by atoms with van der Waals surface area (Å²) in [5.41, 5.74) is 2.07. The zero-order valence-electron chi connectivity index (χ0n) is 20.6. The van der Waals surface area contributed by atoms with E-state index in [1.54, 1.807) is 21.1 Å². The summed E-state index contributed by atoms with van der Waals surface area (Å²) in [5, 5.41) is 10.8. The monoisotopic (exact) mass is 470 g/mol. The third kappa shape index (κ3) is 4.00. The number of nitrogens with zero attached hydrogens (tertiary/aromatic N) is 4. The summed E-state index contributed by atoms with van der Waals surface area (Å²) < 4.78 is 16.9. The summed E-state index contributed by atoms with van der Waals surface area (Å²) in [6.07, 6.45) is 3.02. The van der Waals surface area contributed by atoms with Crippen LogP contribution in [-0.4, -0.2) is 54.9 Å². The Bertz CT molecular complexity index is 1210. The highest BCUT2D eigenvalue weighted by atomic mass is 19.1. The molecule has 1 saturated carbocycles. The van der Waals surface area contributed by atoms with E-state index in [1.165, 1.54) is 0 Å². The Labute approximate surface area is 199 Å². The number of aryl methyl sites for hydroxylation is 1. The number of allylic oxidation sites excluding steroid dienone is 1. The fourth-order valence-electron chi connectivity index (χ4n) is 5.91. The second-order valence-electron chi connectivity index (χ2n) is 11.8. The summed E-state index contributed by atoms with van der Waals surface area (Å²) in [4.78, 5) is 32.5. The van der Waals surface area contributed by atoms with E-state index < -0.39 is 11.8 Å². The summed E-state index contributed by atoms with van der Waals surface area (Å²) in [6.45, 7) is 8.15. The zero-order chi connectivity index (χ0) is 24.4. The second kappa shape index (κ2) is 8.04. The van der Waals surface area contributed by atoms with Gasteiger partial charge in [-0.25, -0.2) is 14.2 Å². The second-order valence-corrected chi connectivity index (χ2v) is 11.8. The largest absolute Gasteiger partial charge is 0.380 e. The number of carbonyl (C=O) groups excluding carboxylic acids is 1. The molecule has 1 amide bonds. The molecule has 7 nitrogen and oxygen atoms in total. The number of aliphatic hydroxyl groups is 1. The number of likely N-dealkylation sites (tertiary alicyclic amines) is 1. The smallest absolute Gasteiger partial charge is 0.330 e. The van der Waals surface area contributed by atoms with Gasteiger partial charge in [0, 0.05) is 26.7 Å². The van der Waals surface area contributed by atoms with Gasteiger partial charge in [-0.15, -0.1) is 0 Å². The first-order valence-electron chi connectivity index (χ1n) is 12.4. The van der Waals surface area contributed by atoms with Crippen molar-refractivity contribution in [1.29, 1.82) is 0 Å². The molecule has 2 atom stereocenters. The van der Waals surface area contributed by atoms with Crippen molar-refractivity contribution in [2.75, 3.05) is 13.1 Å². The van der Waals surface area contributed by atoms with Crippen LogP contribution >= 0.6 is 0 Å². The van der Waals surface area contributed by atoms with E-state index >= 15 is 0 Å². The lowest BCUT2D eigenvalue weighted by molar-refractivity contribution is -0.155. The van der Waals surface area contributed by atoms with Gasteiger partial charge < -0.3 is 10.0 Å². The predicted molar refractivity (Wildman–Crippen MR) is 129 cm³/mol. The van der Waals surface area contributed by atoms with Gasteiger partial charge in [-0.05, 0) is 67.1 Å². The first-order chi connectivity index (χ1) is 15.9. The van der Waals surface area contributed by atoms with Crippen LogP contribution in [0.25, 0.3) is 16.7 Å². The quantitative estimate of drug-likeness (QED) is 0.747. The number of rotatable bonds is 3. The van der Waals surface area contributed by atoms with Gasteiger partial charge >= 0.3 is 5.69 Å². The highest BCUT2D eigenvalue weighted by Crippen LogP contribution is 2.42. The molecule has 5 rings (SSSR count). The molecule has 2 fully saturated rings. The molecule has 34 heavy (non-hydrogen) atoms. The normalized spacial score (nSPS) is 29.5. The number of aromatic nitrogens is 3. The number of pyridine rings is 1. The molecule has 0 radical (unpaired) electrons. The van der Waals surface area contributed by atoms with Crippen molar-refractivity contribution >= 4 is 22.6 Å². The van der Waals surface area contributed by atoms with Gasteiger partial charge in [0.25, 0.3) is 5.91 Å². The molecule has 0 spiro atoms. The number of halogens is 1. The molecule has 8 heteroatoms. The number of fused-ring (bicyclic) bond motifs is 2. The van der Waals surface area contributed by atoms with Crippen LogP contribution in [-0.2, 0) is 18.4 Å². The van der Waals surface area contributed by atoms with Crippen LogP contribution in [0.4, 0.5) is 4.39 Å². The maximum Gasteiger partial charge on any atom is 0.330 e. The van der Waals surface area contributed by atoms with Gasteiger partial charge in [-0.1, -0.05) is 26.8 Å². The Morgan fingerprint density at radius 1 is 1.24 bits per heavy atom. The Kier molecular flexibility index (Phi) is 5.50. The molecule has 2 unspecified atom stereocenters. The molecule has 1 N–H and O–H groups in total. The molecule has 3 aliphatic rings. The minimum Gasteiger partial charge on any atom is -0.380 e. The topological polar surface area (TPSA) is 80.4 Å². The number of carbonyl (C=O) groups is 1. The van der Waals surface area contributed by atoms with Crippen LogP contribution in [0.5, 0.6) is 0 Å². The lowest BCUT2D eigenvalue weighted by Gasteiger charge is -2.35. The highest BCUT2D eigenvalue weighted by Gasteiger charge is 2.47. The molecule has 0 bridgehead atoms. The van der Waals surface area contributed by atoms with E-state index in [0.29, 0.717) is 31.2 Å². The van der Waals surface area contributed by atoms with Crippen molar-refractivity contribution < 1.29 is 14.3 Å². The van der Waals surface area contributed by atoms with Gasteiger partial charge in [0.15, 0.2) is 5.65 Å². The summed E-state index contributed by atoms with van der Waals surface area (Å²) in [5.74, 6) is 0.289. The molecule has 2 aromatic rings. The number of imidazole rings is 1. The molecular weight excluding hydrogens is 435 g/mol. The molecule has 1 aliphatic heterocycles. The molecule has 184 valence electrons. The number of hydrogen-bond acceptors (Lipinski definition) is 4. The maximum atomic E-state index is 13.5. The van der Waals surface area contributed by atoms with Gasteiger partial charge in [0.2, 0.25) is 0 Å². The zero-order valence-corrected chi connectivity index (χ0v) is 20.6. The molecule has 0 aromatic carbocycles. The Morgan fingerprint density at radius 3 is 2.59 bits per heavy atom. The number of alkyl halides is 1. The van der Waals surface area contributed by atoms with Crippen LogP contribution in [0.1, 0.15) is 58.6 Å². The number of amides is 1. The highest BCUT2D eigenvalue weighted by molar-refractivity contribution is 5.86. The van der Waals surface area contributed by atoms with Crippen molar-refractivity contribution in [2.45, 2.75) is 71.2 Å². The van der Waals surface area contributed by atoms with Crippen LogP contribution < -0.4 is 5.69 Å². The lowest BCUT2D eigenvalue weighted by Crippen LogP contribution is -2.50. The summed E-state index contributed by atoms with van der Waals surface area (Å²) in [6, 6.07) is 3.99. The Balaban J connectivity index is 1.34. The molecule has 1 saturated heterocycles.